The van der Waals surface area contributed by atoms with E-state index in [0.29, 0.717) is 0 Å². The van der Waals surface area contributed by atoms with Crippen LogP contribution in [0.2, 0.25) is 0 Å². The summed E-state index contributed by atoms with van der Waals surface area (Å²) in [5.41, 5.74) is 0.944. The Bertz CT molecular complexity index is 786. The van der Waals surface area contributed by atoms with Gasteiger partial charge in [0.25, 0.3) is 5.91 Å². The molecule has 2 aromatic heterocycles. The Kier molecular flexibility index (Phi) is 4.44. The Morgan fingerprint density at radius 1 is 1.24 bits per heavy atom. The zero-order valence-corrected chi connectivity index (χ0v) is 17.0. The highest BCUT2D eigenvalue weighted by molar-refractivity contribution is 7.19. The quantitative estimate of drug-likeness (QED) is 0.878. The molecule has 1 fully saturated rings. The summed E-state index contributed by atoms with van der Waals surface area (Å²) in [4.78, 5) is 14.4. The van der Waals surface area contributed by atoms with Crippen molar-refractivity contribution in [3.05, 3.63) is 16.4 Å². The summed E-state index contributed by atoms with van der Waals surface area (Å²) in [7, 11) is 0. The smallest absolute Gasteiger partial charge is 0.263 e. The normalized spacial score (nSPS) is 20.3. The van der Waals surface area contributed by atoms with Gasteiger partial charge < -0.3 is 10.6 Å². The van der Waals surface area contributed by atoms with Gasteiger partial charge in [-0.3, -0.25) is 9.20 Å². The van der Waals surface area contributed by atoms with Gasteiger partial charge in [0.2, 0.25) is 4.96 Å². The van der Waals surface area contributed by atoms with E-state index in [0.717, 1.165) is 34.2 Å². The molecule has 0 unspecified atom stereocenters. The van der Waals surface area contributed by atoms with E-state index >= 15 is 0 Å². The van der Waals surface area contributed by atoms with Crippen LogP contribution in [0, 0.1) is 6.92 Å². The lowest BCUT2D eigenvalue weighted by molar-refractivity contribution is 0.0876. The second-order valence-corrected chi connectivity index (χ2v) is 9.80. The molecule has 3 heterocycles. The molecule has 25 heavy (non-hydrogen) atoms. The number of fused-ring (bicyclic) bond motifs is 1. The average molecular weight is 364 g/mol. The molecule has 0 radical (unpaired) electrons. The highest BCUT2D eigenvalue weighted by atomic mass is 32.1. The number of nitrogens with one attached hydrogen (secondary N) is 2. The van der Waals surface area contributed by atoms with E-state index in [2.05, 4.69) is 62.4 Å². The van der Waals surface area contributed by atoms with Crippen molar-refractivity contribution in [1.82, 2.24) is 25.2 Å². The van der Waals surface area contributed by atoms with Crippen molar-refractivity contribution < 1.29 is 4.79 Å². The number of carbonyl (C=O) groups excluding carboxylic acids is 1. The zero-order valence-electron chi connectivity index (χ0n) is 16.2. The second-order valence-electron chi connectivity index (χ2n) is 8.82. The molecule has 7 heteroatoms. The van der Waals surface area contributed by atoms with Gasteiger partial charge >= 0.3 is 0 Å². The molecule has 0 aromatic carbocycles. The molecule has 138 valence electrons. The highest BCUT2D eigenvalue weighted by Crippen LogP contribution is 2.30. The summed E-state index contributed by atoms with van der Waals surface area (Å²) >= 11 is 1.42. The van der Waals surface area contributed by atoms with E-state index in [9.17, 15) is 4.79 Å². The van der Waals surface area contributed by atoms with Gasteiger partial charge in [0.1, 0.15) is 10.7 Å². The van der Waals surface area contributed by atoms with Gasteiger partial charge in [-0.15, -0.1) is 10.2 Å². The summed E-state index contributed by atoms with van der Waals surface area (Å²) in [5.74, 6) is 1.18. The Hall–Kier alpha value is -1.47. The summed E-state index contributed by atoms with van der Waals surface area (Å²) < 4.78 is 2.01. The Morgan fingerprint density at radius 3 is 2.40 bits per heavy atom. The molecule has 1 aliphatic heterocycles. The van der Waals surface area contributed by atoms with Gasteiger partial charge in [-0.25, -0.2) is 0 Å². The lowest BCUT2D eigenvalue weighted by atomic mass is 9.79. The molecular weight excluding hydrogens is 334 g/mol. The van der Waals surface area contributed by atoms with Crippen LogP contribution in [0.3, 0.4) is 0 Å². The third kappa shape index (κ3) is 3.58. The van der Waals surface area contributed by atoms with Crippen LogP contribution in [-0.2, 0) is 0 Å². The van der Waals surface area contributed by atoms with Gasteiger partial charge in [-0.05, 0) is 47.5 Å². The number of aromatic nitrogens is 3. The van der Waals surface area contributed by atoms with Crippen molar-refractivity contribution in [2.75, 3.05) is 0 Å². The first kappa shape index (κ1) is 18.3. The topological polar surface area (TPSA) is 71.3 Å². The molecule has 0 atom stereocenters. The molecular formula is C18H29N5OS. The standard InChI is InChI=1S/C18H29N5OS/c1-10(2)14-20-21-16-23(14)11(3)13(25-16)15(24)19-12-8-17(4,5)22-18(6,7)9-12/h10,12,22H,8-9H2,1-7H3,(H,19,24). The minimum atomic E-state index is 0.00112. The third-order valence-corrected chi connectivity index (χ3v) is 5.90. The highest BCUT2D eigenvalue weighted by Gasteiger charge is 2.38. The molecule has 0 aliphatic carbocycles. The van der Waals surface area contributed by atoms with E-state index in [-0.39, 0.29) is 28.9 Å². The molecule has 6 nitrogen and oxygen atoms in total. The SMILES string of the molecule is Cc1c(C(=O)NC2CC(C)(C)NC(C)(C)C2)sc2nnc(C(C)C)n12. The monoisotopic (exact) mass is 363 g/mol. The number of hydrogen-bond acceptors (Lipinski definition) is 5. The first-order valence-electron chi connectivity index (χ1n) is 8.94. The molecule has 2 aromatic rings. The number of thiazole rings is 1. The van der Waals surface area contributed by atoms with Gasteiger partial charge in [0.05, 0.1) is 0 Å². The van der Waals surface area contributed by atoms with E-state index < -0.39 is 0 Å². The van der Waals surface area contributed by atoms with E-state index in [4.69, 9.17) is 0 Å². The molecule has 0 spiro atoms. The number of rotatable bonds is 3. The lowest BCUT2D eigenvalue weighted by Gasteiger charge is -2.46. The first-order valence-corrected chi connectivity index (χ1v) is 9.75. The van der Waals surface area contributed by atoms with E-state index in [1.807, 2.05) is 11.3 Å². The molecule has 1 aliphatic rings. The molecule has 0 saturated carbocycles. The zero-order chi connectivity index (χ0) is 18.6. The summed E-state index contributed by atoms with van der Waals surface area (Å²) in [5, 5.41) is 15.4. The lowest BCUT2D eigenvalue weighted by Crippen LogP contribution is -2.62. The maximum absolute atomic E-state index is 12.9. The van der Waals surface area contributed by atoms with Crippen molar-refractivity contribution in [3.63, 3.8) is 0 Å². The molecule has 2 N–H and O–H groups in total. The largest absolute Gasteiger partial charge is 0.348 e. The van der Waals surface area contributed by atoms with Gasteiger partial charge in [0.15, 0.2) is 0 Å². The minimum Gasteiger partial charge on any atom is -0.348 e. The number of aryl methyl sites for hydroxylation is 1. The molecule has 1 saturated heterocycles. The average Bonchev–Trinajstić information content (AvgIpc) is 2.95. The maximum atomic E-state index is 12.9. The van der Waals surface area contributed by atoms with Crippen molar-refractivity contribution in [3.8, 4) is 0 Å². The summed E-state index contributed by atoms with van der Waals surface area (Å²) in [6.45, 7) is 14.9. The number of carbonyl (C=O) groups is 1. The number of nitrogens with zero attached hydrogens (tertiary/aromatic N) is 3. The van der Waals surface area contributed by atoms with Crippen LogP contribution < -0.4 is 10.6 Å². The van der Waals surface area contributed by atoms with E-state index in [1.54, 1.807) is 0 Å². The van der Waals surface area contributed by atoms with Crippen LogP contribution in [0.4, 0.5) is 0 Å². The van der Waals surface area contributed by atoms with Gasteiger partial charge in [-0.2, -0.15) is 0 Å². The van der Waals surface area contributed by atoms with Crippen molar-refractivity contribution in [2.24, 2.45) is 0 Å². The van der Waals surface area contributed by atoms with Crippen LogP contribution in [0.15, 0.2) is 0 Å². The number of piperidine rings is 1. The molecule has 1 amide bonds. The van der Waals surface area contributed by atoms with Crippen LogP contribution in [-0.4, -0.2) is 37.6 Å². The van der Waals surface area contributed by atoms with Crippen LogP contribution >= 0.6 is 11.3 Å². The van der Waals surface area contributed by atoms with Crippen LogP contribution in [0.5, 0.6) is 0 Å². The Labute approximate surface area is 153 Å². The fourth-order valence-electron chi connectivity index (χ4n) is 4.19. The maximum Gasteiger partial charge on any atom is 0.263 e. The minimum absolute atomic E-state index is 0.00112. The number of hydrogen-bond donors (Lipinski definition) is 2. The molecule has 3 rings (SSSR count). The molecule has 0 bridgehead atoms. The fourth-order valence-corrected chi connectivity index (χ4v) is 5.17. The Balaban J connectivity index is 1.84. The predicted octanol–water partition coefficient (Wildman–Crippen LogP) is 3.26. The summed E-state index contributed by atoms with van der Waals surface area (Å²) in [6.07, 6.45) is 1.84. The summed E-state index contributed by atoms with van der Waals surface area (Å²) in [6, 6.07) is 0.162. The van der Waals surface area contributed by atoms with E-state index in [1.165, 1.54) is 11.3 Å². The van der Waals surface area contributed by atoms with Gasteiger partial charge in [0, 0.05) is 28.7 Å². The van der Waals surface area contributed by atoms with Crippen LogP contribution in [0.25, 0.3) is 4.96 Å². The van der Waals surface area contributed by atoms with Crippen LogP contribution in [0.1, 0.15) is 81.5 Å². The fraction of sp³-hybridized carbons (Fsp3) is 0.722. The van der Waals surface area contributed by atoms with Gasteiger partial charge in [-0.1, -0.05) is 25.2 Å². The van der Waals surface area contributed by atoms with Crippen molar-refractivity contribution in [2.45, 2.75) is 84.3 Å². The van der Waals surface area contributed by atoms with Crippen molar-refractivity contribution >= 4 is 22.2 Å². The Morgan fingerprint density at radius 2 is 1.84 bits per heavy atom. The predicted molar refractivity (Wildman–Crippen MR) is 101 cm³/mol. The number of amides is 1. The second kappa shape index (κ2) is 6.06. The van der Waals surface area contributed by atoms with Crippen molar-refractivity contribution in [1.29, 1.82) is 0 Å². The first-order chi connectivity index (χ1) is 11.5. The third-order valence-electron chi connectivity index (χ3n) is 4.76.